The molecule has 3 rings (SSSR count). The lowest BCUT2D eigenvalue weighted by molar-refractivity contribution is -0.118. The Kier molecular flexibility index (Phi) is 7.67. The molecule has 0 radical (unpaired) electrons. The van der Waals surface area contributed by atoms with E-state index in [1.165, 1.54) is 32.4 Å². The van der Waals surface area contributed by atoms with Crippen LogP contribution in [0.25, 0.3) is 0 Å². The number of anilines is 2. The van der Waals surface area contributed by atoms with Gasteiger partial charge in [-0.15, -0.1) is 0 Å². The van der Waals surface area contributed by atoms with Crippen LogP contribution >= 0.6 is 11.6 Å². The van der Waals surface area contributed by atoms with Crippen LogP contribution in [-0.4, -0.2) is 35.2 Å². The fourth-order valence-corrected chi connectivity index (χ4v) is 4.25. The summed E-state index contributed by atoms with van der Waals surface area (Å²) in [6.45, 7) is 1.41. The van der Waals surface area contributed by atoms with Crippen molar-refractivity contribution in [3.05, 3.63) is 71.2 Å². The third-order valence-electron chi connectivity index (χ3n) is 4.59. The zero-order valence-electron chi connectivity index (χ0n) is 18.2. The Morgan fingerprint density at radius 2 is 1.64 bits per heavy atom. The first kappa shape index (κ1) is 24.2. The molecular weight excluding hydrogens is 468 g/mol. The number of sulfonamides is 1. The molecule has 8 nitrogen and oxygen atoms in total. The third-order valence-corrected chi connectivity index (χ3v) is 6.21. The summed E-state index contributed by atoms with van der Waals surface area (Å²) in [6, 6.07) is 15.8. The number of aryl methyl sites for hydroxylation is 1. The first-order valence-corrected chi connectivity index (χ1v) is 11.6. The second kappa shape index (κ2) is 10.5. The topological polar surface area (TPSA) is 103 Å². The number of ether oxygens (including phenoxy) is 3. The van der Waals surface area contributed by atoms with Gasteiger partial charge in [0.1, 0.15) is 17.2 Å². The summed E-state index contributed by atoms with van der Waals surface area (Å²) in [5.41, 5.74) is 1.38. The van der Waals surface area contributed by atoms with Crippen LogP contribution in [0, 0.1) is 6.92 Å². The number of methoxy groups -OCH3 is 2. The monoisotopic (exact) mass is 490 g/mol. The molecule has 33 heavy (non-hydrogen) atoms. The number of carbonyl (C=O) groups excluding carboxylic acids is 1. The van der Waals surface area contributed by atoms with Gasteiger partial charge in [-0.2, -0.15) is 0 Å². The molecule has 0 unspecified atom stereocenters. The van der Waals surface area contributed by atoms with Crippen LogP contribution in [0.1, 0.15) is 5.56 Å². The summed E-state index contributed by atoms with van der Waals surface area (Å²) in [6.07, 6.45) is 0. The maximum Gasteiger partial charge on any atom is 0.262 e. The number of nitrogens with one attached hydrogen (secondary N) is 2. The molecule has 3 aromatic carbocycles. The van der Waals surface area contributed by atoms with E-state index in [-0.39, 0.29) is 11.5 Å². The predicted molar refractivity (Wildman–Crippen MR) is 127 cm³/mol. The zero-order chi connectivity index (χ0) is 24.0. The molecule has 3 aromatic rings. The van der Waals surface area contributed by atoms with E-state index in [1.54, 1.807) is 49.4 Å². The Morgan fingerprint density at radius 3 is 2.27 bits per heavy atom. The molecular formula is C23H23ClN2O6S. The van der Waals surface area contributed by atoms with Crippen molar-refractivity contribution in [3.63, 3.8) is 0 Å². The van der Waals surface area contributed by atoms with Gasteiger partial charge >= 0.3 is 0 Å². The standard InChI is InChI=1S/C23H23ClN2O6S/c1-15-12-19(33(28,29)26-17-5-7-18(30-2)8-6-17)9-11-21(15)32-14-23(27)25-20-13-16(24)4-10-22(20)31-3/h4-13,26H,14H2,1-3H3,(H,25,27). The summed E-state index contributed by atoms with van der Waals surface area (Å²) in [7, 11) is -0.793. The summed E-state index contributed by atoms with van der Waals surface area (Å²) in [5.74, 6) is 1.04. The van der Waals surface area contributed by atoms with Gasteiger partial charge in [0.15, 0.2) is 6.61 Å². The maximum atomic E-state index is 12.7. The van der Waals surface area contributed by atoms with Crippen molar-refractivity contribution in [3.8, 4) is 17.2 Å². The molecule has 1 amide bonds. The number of hydrogen-bond acceptors (Lipinski definition) is 6. The van der Waals surface area contributed by atoms with Gasteiger partial charge in [0.05, 0.1) is 24.8 Å². The fourth-order valence-electron chi connectivity index (χ4n) is 2.93. The van der Waals surface area contributed by atoms with E-state index in [4.69, 9.17) is 25.8 Å². The van der Waals surface area contributed by atoms with Gasteiger partial charge in [0.2, 0.25) is 0 Å². The molecule has 0 heterocycles. The number of amides is 1. The number of benzene rings is 3. The van der Waals surface area contributed by atoms with Crippen molar-refractivity contribution < 1.29 is 27.4 Å². The van der Waals surface area contributed by atoms with Crippen LogP contribution < -0.4 is 24.2 Å². The average Bonchev–Trinajstić information content (AvgIpc) is 2.78. The van der Waals surface area contributed by atoms with E-state index in [0.29, 0.717) is 39.2 Å². The summed E-state index contributed by atoms with van der Waals surface area (Å²) in [4.78, 5) is 12.4. The highest BCUT2D eigenvalue weighted by atomic mass is 35.5. The minimum atomic E-state index is -3.81. The first-order valence-electron chi connectivity index (χ1n) is 9.75. The third kappa shape index (κ3) is 6.30. The number of halogens is 1. The van der Waals surface area contributed by atoms with Crippen LogP contribution in [0.3, 0.4) is 0 Å². The van der Waals surface area contributed by atoms with E-state index in [0.717, 1.165) is 0 Å². The first-order chi connectivity index (χ1) is 15.7. The lowest BCUT2D eigenvalue weighted by Crippen LogP contribution is -2.21. The normalized spacial score (nSPS) is 10.9. The van der Waals surface area contributed by atoms with Crippen molar-refractivity contribution in [2.45, 2.75) is 11.8 Å². The Morgan fingerprint density at radius 1 is 0.939 bits per heavy atom. The molecule has 0 fully saturated rings. The maximum absolute atomic E-state index is 12.7. The highest BCUT2D eigenvalue weighted by molar-refractivity contribution is 7.92. The average molecular weight is 491 g/mol. The Labute approximate surface area is 197 Å². The quantitative estimate of drug-likeness (QED) is 0.458. The lowest BCUT2D eigenvalue weighted by atomic mass is 10.2. The molecule has 174 valence electrons. The van der Waals surface area contributed by atoms with Crippen molar-refractivity contribution in [2.75, 3.05) is 30.9 Å². The van der Waals surface area contributed by atoms with Crippen LogP contribution in [0.2, 0.25) is 5.02 Å². The van der Waals surface area contributed by atoms with Gasteiger partial charge < -0.3 is 19.5 Å². The molecule has 0 bridgehead atoms. The second-order valence-corrected chi connectivity index (χ2v) is 9.06. The van der Waals surface area contributed by atoms with E-state index in [1.807, 2.05) is 0 Å². The molecule has 0 aliphatic rings. The molecule has 0 saturated heterocycles. The Balaban J connectivity index is 1.65. The minimum Gasteiger partial charge on any atom is -0.497 e. The van der Waals surface area contributed by atoms with Gasteiger partial charge in [-0.3, -0.25) is 9.52 Å². The summed E-state index contributed by atoms with van der Waals surface area (Å²) >= 11 is 5.97. The molecule has 0 aliphatic carbocycles. The molecule has 10 heteroatoms. The molecule has 2 N–H and O–H groups in total. The van der Waals surface area contributed by atoms with Gasteiger partial charge in [-0.25, -0.2) is 8.42 Å². The van der Waals surface area contributed by atoms with Crippen LogP contribution in [0.5, 0.6) is 17.2 Å². The Hall–Kier alpha value is -3.43. The molecule has 0 aliphatic heterocycles. The van der Waals surface area contributed by atoms with Crippen molar-refractivity contribution in [1.82, 2.24) is 0 Å². The highest BCUT2D eigenvalue weighted by Gasteiger charge is 2.17. The van der Waals surface area contributed by atoms with Gasteiger partial charge in [0.25, 0.3) is 15.9 Å². The van der Waals surface area contributed by atoms with E-state index >= 15 is 0 Å². The minimum absolute atomic E-state index is 0.0660. The SMILES string of the molecule is COc1ccc(NS(=O)(=O)c2ccc(OCC(=O)Nc3cc(Cl)ccc3OC)c(C)c2)cc1. The molecule has 0 aromatic heterocycles. The van der Waals surface area contributed by atoms with Crippen LogP contribution in [-0.2, 0) is 14.8 Å². The summed E-state index contributed by atoms with van der Waals surface area (Å²) in [5, 5.41) is 3.12. The Bertz CT molecular complexity index is 1250. The second-order valence-electron chi connectivity index (χ2n) is 6.94. The fraction of sp³-hybridized carbons (Fsp3) is 0.174. The van der Waals surface area contributed by atoms with E-state index in [2.05, 4.69) is 10.0 Å². The van der Waals surface area contributed by atoms with Crippen molar-refractivity contribution in [2.24, 2.45) is 0 Å². The molecule has 0 spiro atoms. The number of hydrogen-bond donors (Lipinski definition) is 2. The summed E-state index contributed by atoms with van der Waals surface area (Å²) < 4.78 is 43.8. The van der Waals surface area contributed by atoms with Gasteiger partial charge in [-0.05, 0) is 73.2 Å². The smallest absolute Gasteiger partial charge is 0.262 e. The molecule has 0 atom stereocenters. The van der Waals surface area contributed by atoms with Gasteiger partial charge in [-0.1, -0.05) is 11.6 Å². The van der Waals surface area contributed by atoms with E-state index < -0.39 is 15.9 Å². The predicted octanol–water partition coefficient (Wildman–Crippen LogP) is 4.48. The van der Waals surface area contributed by atoms with Crippen LogP contribution in [0.15, 0.2) is 65.6 Å². The van der Waals surface area contributed by atoms with Crippen molar-refractivity contribution >= 4 is 38.9 Å². The lowest BCUT2D eigenvalue weighted by Gasteiger charge is -2.13. The highest BCUT2D eigenvalue weighted by Crippen LogP contribution is 2.28. The molecule has 0 saturated carbocycles. The number of rotatable bonds is 9. The zero-order valence-corrected chi connectivity index (χ0v) is 19.8. The van der Waals surface area contributed by atoms with Crippen molar-refractivity contribution in [1.29, 1.82) is 0 Å². The largest absolute Gasteiger partial charge is 0.497 e. The number of carbonyl (C=O) groups is 1. The van der Waals surface area contributed by atoms with Crippen LogP contribution in [0.4, 0.5) is 11.4 Å². The van der Waals surface area contributed by atoms with Gasteiger partial charge in [0, 0.05) is 10.7 Å². The van der Waals surface area contributed by atoms with E-state index in [9.17, 15) is 13.2 Å².